The maximum absolute atomic E-state index is 10.8. The first-order chi connectivity index (χ1) is 8.56. The Balaban J connectivity index is 2.05. The molecule has 0 amide bonds. The summed E-state index contributed by atoms with van der Waals surface area (Å²) in [6.45, 7) is 1.98. The Kier molecular flexibility index (Phi) is 3.66. The van der Waals surface area contributed by atoms with E-state index in [1.807, 2.05) is 0 Å². The van der Waals surface area contributed by atoms with E-state index >= 15 is 0 Å². The highest BCUT2D eigenvalue weighted by Gasteiger charge is 2.19. The number of nitrogens with two attached hydrogens (primary N) is 1. The molecule has 0 bridgehead atoms. The third-order valence-corrected chi connectivity index (χ3v) is 3.17. The summed E-state index contributed by atoms with van der Waals surface area (Å²) in [4.78, 5) is 12.5. The second-order valence-corrected chi connectivity index (χ2v) is 4.60. The van der Waals surface area contributed by atoms with Gasteiger partial charge in [-0.3, -0.25) is 10.1 Å². The first-order valence-electron chi connectivity index (χ1n) is 5.95. The lowest BCUT2D eigenvalue weighted by Gasteiger charge is -2.29. The lowest BCUT2D eigenvalue weighted by molar-refractivity contribution is -0.384. The molecule has 1 aromatic carbocycles. The van der Waals surface area contributed by atoms with Crippen LogP contribution in [-0.4, -0.2) is 36.1 Å². The largest absolute Gasteiger partial charge is 0.490 e. The summed E-state index contributed by atoms with van der Waals surface area (Å²) >= 11 is 0. The minimum absolute atomic E-state index is 0.0968. The number of nitrogen functional groups attached to an aromatic ring is 1. The minimum Gasteiger partial charge on any atom is -0.490 e. The van der Waals surface area contributed by atoms with Crippen LogP contribution in [0.15, 0.2) is 18.2 Å². The van der Waals surface area contributed by atoms with Crippen molar-refractivity contribution in [3.63, 3.8) is 0 Å². The fourth-order valence-corrected chi connectivity index (χ4v) is 2.05. The van der Waals surface area contributed by atoms with Crippen molar-refractivity contribution in [2.24, 2.45) is 0 Å². The molecule has 1 aromatic rings. The Morgan fingerprint density at radius 1 is 1.44 bits per heavy atom. The standard InChI is InChI=1S/C12H17N3O3/c1-14-6-4-9(5-7-14)18-10-2-3-11(13)12(8-10)15(16)17/h2-3,8-9H,4-7,13H2,1H3. The van der Waals surface area contributed by atoms with Crippen molar-refractivity contribution in [3.8, 4) is 5.75 Å². The number of hydrogen-bond acceptors (Lipinski definition) is 5. The van der Waals surface area contributed by atoms with Gasteiger partial charge in [0.25, 0.3) is 5.69 Å². The Bertz CT molecular complexity index is 442. The van der Waals surface area contributed by atoms with Crippen molar-refractivity contribution in [2.75, 3.05) is 25.9 Å². The zero-order chi connectivity index (χ0) is 13.1. The highest BCUT2D eigenvalue weighted by molar-refractivity contribution is 5.60. The number of nitrogens with zero attached hydrogens (tertiary/aromatic N) is 2. The highest BCUT2D eigenvalue weighted by Crippen LogP contribution is 2.28. The van der Waals surface area contributed by atoms with Crippen LogP contribution in [0.3, 0.4) is 0 Å². The average Bonchev–Trinajstić information content (AvgIpc) is 2.34. The number of benzene rings is 1. The van der Waals surface area contributed by atoms with Gasteiger partial charge in [0.15, 0.2) is 0 Å². The fourth-order valence-electron chi connectivity index (χ4n) is 2.05. The predicted octanol–water partition coefficient (Wildman–Crippen LogP) is 1.65. The van der Waals surface area contributed by atoms with Gasteiger partial charge in [0, 0.05) is 13.1 Å². The fraction of sp³-hybridized carbons (Fsp3) is 0.500. The molecule has 0 aliphatic carbocycles. The van der Waals surface area contributed by atoms with Crippen LogP contribution in [0.4, 0.5) is 11.4 Å². The minimum atomic E-state index is -0.489. The van der Waals surface area contributed by atoms with E-state index in [0.29, 0.717) is 5.75 Å². The van der Waals surface area contributed by atoms with E-state index in [1.54, 1.807) is 6.07 Å². The van der Waals surface area contributed by atoms with E-state index in [4.69, 9.17) is 10.5 Å². The lowest BCUT2D eigenvalue weighted by atomic mass is 10.1. The second kappa shape index (κ2) is 5.22. The van der Waals surface area contributed by atoms with E-state index in [0.717, 1.165) is 25.9 Å². The summed E-state index contributed by atoms with van der Waals surface area (Å²) in [6.07, 6.45) is 2.01. The predicted molar refractivity (Wildman–Crippen MR) is 68.7 cm³/mol. The van der Waals surface area contributed by atoms with Gasteiger partial charge in [-0.2, -0.15) is 0 Å². The zero-order valence-corrected chi connectivity index (χ0v) is 10.3. The number of nitro benzene ring substituents is 1. The molecule has 0 aromatic heterocycles. The Morgan fingerprint density at radius 3 is 2.72 bits per heavy atom. The van der Waals surface area contributed by atoms with E-state index in [2.05, 4.69) is 11.9 Å². The van der Waals surface area contributed by atoms with Gasteiger partial charge in [-0.15, -0.1) is 0 Å². The topological polar surface area (TPSA) is 81.6 Å². The quantitative estimate of drug-likeness (QED) is 0.502. The molecule has 1 fully saturated rings. The zero-order valence-electron chi connectivity index (χ0n) is 10.3. The first kappa shape index (κ1) is 12.6. The van der Waals surface area contributed by atoms with Crippen LogP contribution in [0.25, 0.3) is 0 Å². The number of rotatable bonds is 3. The summed E-state index contributed by atoms with van der Waals surface area (Å²) in [6, 6.07) is 4.59. The Hall–Kier alpha value is -1.82. The van der Waals surface area contributed by atoms with Crippen molar-refractivity contribution in [1.82, 2.24) is 4.90 Å². The van der Waals surface area contributed by atoms with Crippen molar-refractivity contribution in [3.05, 3.63) is 28.3 Å². The third-order valence-electron chi connectivity index (χ3n) is 3.17. The van der Waals surface area contributed by atoms with Crippen LogP contribution >= 0.6 is 0 Å². The summed E-state index contributed by atoms with van der Waals surface area (Å²) < 4.78 is 5.76. The number of likely N-dealkylation sites (tertiary alicyclic amines) is 1. The number of anilines is 1. The van der Waals surface area contributed by atoms with Crippen LogP contribution in [0.1, 0.15) is 12.8 Å². The summed E-state index contributed by atoms with van der Waals surface area (Å²) in [5, 5.41) is 10.8. The SMILES string of the molecule is CN1CCC(Oc2ccc(N)c([N+](=O)[O-])c2)CC1. The summed E-state index contributed by atoms with van der Waals surface area (Å²) in [7, 11) is 2.07. The Labute approximate surface area is 105 Å². The van der Waals surface area contributed by atoms with Crippen LogP contribution in [0.2, 0.25) is 0 Å². The van der Waals surface area contributed by atoms with Crippen LogP contribution in [0.5, 0.6) is 5.75 Å². The molecular formula is C12H17N3O3. The van der Waals surface area contributed by atoms with Gasteiger partial charge in [0.05, 0.1) is 11.0 Å². The van der Waals surface area contributed by atoms with Crippen LogP contribution < -0.4 is 10.5 Å². The van der Waals surface area contributed by atoms with Crippen molar-refractivity contribution < 1.29 is 9.66 Å². The molecular weight excluding hydrogens is 234 g/mol. The van der Waals surface area contributed by atoms with Gasteiger partial charge in [-0.05, 0) is 32.0 Å². The molecule has 0 atom stereocenters. The molecule has 1 heterocycles. The number of nitro groups is 1. The molecule has 1 aliphatic rings. The smallest absolute Gasteiger partial charge is 0.295 e. The molecule has 6 heteroatoms. The average molecular weight is 251 g/mol. The van der Waals surface area contributed by atoms with Gasteiger partial charge < -0.3 is 15.4 Å². The van der Waals surface area contributed by atoms with Gasteiger partial charge in [-0.25, -0.2) is 0 Å². The van der Waals surface area contributed by atoms with Crippen molar-refractivity contribution in [2.45, 2.75) is 18.9 Å². The summed E-state index contributed by atoms with van der Waals surface area (Å²) in [5.41, 5.74) is 5.60. The van der Waals surface area contributed by atoms with Gasteiger partial charge >= 0.3 is 0 Å². The second-order valence-electron chi connectivity index (χ2n) is 4.60. The lowest BCUT2D eigenvalue weighted by Crippen LogP contribution is -2.35. The van der Waals surface area contributed by atoms with E-state index in [9.17, 15) is 10.1 Å². The van der Waals surface area contributed by atoms with Gasteiger partial charge in [-0.1, -0.05) is 0 Å². The monoisotopic (exact) mass is 251 g/mol. The maximum Gasteiger partial charge on any atom is 0.295 e. The van der Waals surface area contributed by atoms with Crippen molar-refractivity contribution >= 4 is 11.4 Å². The normalized spacial score (nSPS) is 17.6. The van der Waals surface area contributed by atoms with E-state index in [-0.39, 0.29) is 17.5 Å². The molecule has 0 spiro atoms. The van der Waals surface area contributed by atoms with E-state index < -0.39 is 4.92 Å². The number of ether oxygens (including phenoxy) is 1. The first-order valence-corrected chi connectivity index (χ1v) is 5.95. The highest BCUT2D eigenvalue weighted by atomic mass is 16.6. The maximum atomic E-state index is 10.8. The third kappa shape index (κ3) is 2.89. The Morgan fingerprint density at radius 2 is 2.11 bits per heavy atom. The van der Waals surface area contributed by atoms with E-state index in [1.165, 1.54) is 12.1 Å². The molecule has 1 aliphatic heterocycles. The molecule has 0 saturated carbocycles. The molecule has 6 nitrogen and oxygen atoms in total. The molecule has 1 saturated heterocycles. The van der Waals surface area contributed by atoms with Crippen molar-refractivity contribution in [1.29, 1.82) is 0 Å². The van der Waals surface area contributed by atoms with Gasteiger partial charge in [0.1, 0.15) is 17.5 Å². The molecule has 18 heavy (non-hydrogen) atoms. The molecule has 0 unspecified atom stereocenters. The number of piperidine rings is 1. The van der Waals surface area contributed by atoms with Gasteiger partial charge in [0.2, 0.25) is 0 Å². The van der Waals surface area contributed by atoms with Crippen LogP contribution in [-0.2, 0) is 0 Å². The molecule has 2 rings (SSSR count). The van der Waals surface area contributed by atoms with Crippen LogP contribution in [0, 0.1) is 10.1 Å². The number of hydrogen-bond donors (Lipinski definition) is 1. The molecule has 0 radical (unpaired) electrons. The summed E-state index contributed by atoms with van der Waals surface area (Å²) in [5.74, 6) is 0.519. The molecule has 2 N–H and O–H groups in total. The molecule has 98 valence electrons.